The summed E-state index contributed by atoms with van der Waals surface area (Å²) in [6.07, 6.45) is 1.67. The predicted molar refractivity (Wildman–Crippen MR) is 124 cm³/mol. The molecule has 32 heavy (non-hydrogen) atoms. The fourth-order valence-corrected chi connectivity index (χ4v) is 3.77. The van der Waals surface area contributed by atoms with E-state index in [0.29, 0.717) is 36.6 Å². The SMILES string of the molecule is COc1ccc(C(=O)NCCn2c(=O)n(Cc3ccc(C)cc3)c3cccnc32)c(C)c1. The lowest BCUT2D eigenvalue weighted by molar-refractivity contribution is 0.0951. The number of aromatic nitrogens is 3. The molecule has 2 aromatic carbocycles. The molecule has 4 aromatic rings. The molecule has 0 bridgehead atoms. The third-order valence-electron chi connectivity index (χ3n) is 5.53. The van der Waals surface area contributed by atoms with Crippen molar-refractivity contribution in [1.29, 1.82) is 0 Å². The molecule has 1 amide bonds. The van der Waals surface area contributed by atoms with Crippen LogP contribution in [0.5, 0.6) is 5.75 Å². The summed E-state index contributed by atoms with van der Waals surface area (Å²) in [7, 11) is 1.59. The first-order valence-corrected chi connectivity index (χ1v) is 10.5. The Morgan fingerprint density at radius 3 is 2.56 bits per heavy atom. The van der Waals surface area contributed by atoms with Crippen LogP contribution in [0.3, 0.4) is 0 Å². The summed E-state index contributed by atoms with van der Waals surface area (Å²) in [4.78, 5) is 30.2. The quantitative estimate of drug-likeness (QED) is 0.488. The second-order valence-corrected chi connectivity index (χ2v) is 7.79. The Labute approximate surface area is 186 Å². The van der Waals surface area contributed by atoms with Gasteiger partial charge >= 0.3 is 5.69 Å². The van der Waals surface area contributed by atoms with E-state index in [1.807, 2.05) is 56.3 Å². The van der Waals surface area contributed by atoms with Gasteiger partial charge < -0.3 is 10.1 Å². The molecule has 2 aromatic heterocycles. The van der Waals surface area contributed by atoms with Crippen LogP contribution in [-0.2, 0) is 13.1 Å². The number of carbonyl (C=O) groups excluding carboxylic acids is 1. The predicted octanol–water partition coefficient (Wildman–Crippen LogP) is 3.30. The first kappa shape index (κ1) is 21.4. The van der Waals surface area contributed by atoms with Gasteiger partial charge in [0.25, 0.3) is 5.91 Å². The maximum atomic E-state index is 13.2. The van der Waals surface area contributed by atoms with Crippen molar-refractivity contribution >= 4 is 17.1 Å². The van der Waals surface area contributed by atoms with Gasteiger partial charge in [-0.25, -0.2) is 9.78 Å². The third-order valence-corrected chi connectivity index (χ3v) is 5.53. The lowest BCUT2D eigenvalue weighted by Gasteiger charge is -2.09. The second-order valence-electron chi connectivity index (χ2n) is 7.79. The van der Waals surface area contributed by atoms with Gasteiger partial charge in [-0.1, -0.05) is 29.8 Å². The molecule has 0 saturated heterocycles. The number of carbonyl (C=O) groups is 1. The van der Waals surface area contributed by atoms with Crippen molar-refractivity contribution in [3.8, 4) is 5.75 Å². The fourth-order valence-electron chi connectivity index (χ4n) is 3.77. The molecule has 164 valence electrons. The summed E-state index contributed by atoms with van der Waals surface area (Å²) in [6, 6.07) is 17.2. The van der Waals surface area contributed by atoms with Gasteiger partial charge in [0.1, 0.15) is 5.75 Å². The van der Waals surface area contributed by atoms with E-state index in [9.17, 15) is 9.59 Å². The van der Waals surface area contributed by atoms with Crippen LogP contribution in [0.4, 0.5) is 0 Å². The number of amides is 1. The zero-order chi connectivity index (χ0) is 22.7. The lowest BCUT2D eigenvalue weighted by Crippen LogP contribution is -2.32. The van der Waals surface area contributed by atoms with Crippen molar-refractivity contribution < 1.29 is 9.53 Å². The first-order valence-electron chi connectivity index (χ1n) is 10.5. The molecule has 1 N–H and O–H groups in total. The molecule has 7 heteroatoms. The number of methoxy groups -OCH3 is 1. The van der Waals surface area contributed by atoms with E-state index in [-0.39, 0.29) is 11.6 Å². The highest BCUT2D eigenvalue weighted by Crippen LogP contribution is 2.17. The minimum atomic E-state index is -0.186. The molecule has 0 fully saturated rings. The maximum absolute atomic E-state index is 13.2. The smallest absolute Gasteiger partial charge is 0.330 e. The summed E-state index contributed by atoms with van der Waals surface area (Å²) < 4.78 is 8.53. The molecular formula is C25H26N4O3. The summed E-state index contributed by atoms with van der Waals surface area (Å²) in [5, 5.41) is 2.91. The van der Waals surface area contributed by atoms with Crippen molar-refractivity contribution in [2.24, 2.45) is 0 Å². The van der Waals surface area contributed by atoms with Gasteiger partial charge in [-0.05, 0) is 55.3 Å². The highest BCUT2D eigenvalue weighted by molar-refractivity contribution is 5.95. The van der Waals surface area contributed by atoms with Crippen molar-refractivity contribution in [2.75, 3.05) is 13.7 Å². The van der Waals surface area contributed by atoms with Gasteiger partial charge in [-0.15, -0.1) is 0 Å². The van der Waals surface area contributed by atoms with Gasteiger partial charge in [-0.2, -0.15) is 0 Å². The molecular weight excluding hydrogens is 404 g/mol. The number of fused-ring (bicyclic) bond motifs is 1. The average molecular weight is 431 g/mol. The van der Waals surface area contributed by atoms with E-state index in [2.05, 4.69) is 10.3 Å². The van der Waals surface area contributed by atoms with Crippen LogP contribution in [0.25, 0.3) is 11.2 Å². The van der Waals surface area contributed by atoms with Crippen LogP contribution in [0, 0.1) is 13.8 Å². The first-order chi connectivity index (χ1) is 15.5. The molecule has 0 radical (unpaired) electrons. The number of pyridine rings is 1. The summed E-state index contributed by atoms with van der Waals surface area (Å²) in [6.45, 7) is 5.00. The van der Waals surface area contributed by atoms with E-state index in [1.165, 1.54) is 5.56 Å². The number of aryl methyl sites for hydroxylation is 2. The lowest BCUT2D eigenvalue weighted by atomic mass is 10.1. The molecule has 0 saturated carbocycles. The van der Waals surface area contributed by atoms with Crippen molar-refractivity contribution in [3.05, 3.63) is 93.5 Å². The Kier molecular flexibility index (Phi) is 6.07. The summed E-state index contributed by atoms with van der Waals surface area (Å²) >= 11 is 0. The zero-order valence-electron chi connectivity index (χ0n) is 18.5. The summed E-state index contributed by atoms with van der Waals surface area (Å²) in [5.41, 5.74) is 4.87. The number of rotatable bonds is 7. The molecule has 2 heterocycles. The minimum Gasteiger partial charge on any atom is -0.497 e. The third kappa shape index (κ3) is 4.27. The second kappa shape index (κ2) is 9.09. The van der Waals surface area contributed by atoms with E-state index in [1.54, 1.807) is 34.6 Å². The average Bonchev–Trinajstić information content (AvgIpc) is 3.06. The van der Waals surface area contributed by atoms with Crippen LogP contribution >= 0.6 is 0 Å². The Balaban J connectivity index is 1.53. The number of benzene rings is 2. The number of hydrogen-bond acceptors (Lipinski definition) is 4. The number of nitrogens with one attached hydrogen (secondary N) is 1. The van der Waals surface area contributed by atoms with Gasteiger partial charge in [-0.3, -0.25) is 13.9 Å². The van der Waals surface area contributed by atoms with Crippen LogP contribution in [0.1, 0.15) is 27.0 Å². The fraction of sp³-hybridized carbons (Fsp3) is 0.240. The standard InChI is InChI=1S/C25H26N4O3/c1-17-6-8-19(9-7-17)16-29-22-5-4-12-26-23(22)28(25(29)31)14-13-27-24(30)21-11-10-20(32-3)15-18(21)2/h4-12,15H,13-14,16H2,1-3H3,(H,27,30). The topological polar surface area (TPSA) is 78.1 Å². The van der Waals surface area contributed by atoms with Crippen LogP contribution in [-0.4, -0.2) is 33.7 Å². The molecule has 0 aliphatic heterocycles. The molecule has 0 spiro atoms. The van der Waals surface area contributed by atoms with Crippen LogP contribution in [0.15, 0.2) is 65.6 Å². The number of nitrogens with zero attached hydrogens (tertiary/aromatic N) is 3. The van der Waals surface area contributed by atoms with Crippen molar-refractivity contribution in [2.45, 2.75) is 26.9 Å². The van der Waals surface area contributed by atoms with Gasteiger partial charge in [0, 0.05) is 24.8 Å². The van der Waals surface area contributed by atoms with Crippen molar-refractivity contribution in [3.63, 3.8) is 0 Å². The van der Waals surface area contributed by atoms with Gasteiger partial charge in [0.2, 0.25) is 0 Å². The molecule has 0 unspecified atom stereocenters. The van der Waals surface area contributed by atoms with Crippen LogP contribution < -0.4 is 15.7 Å². The molecule has 7 nitrogen and oxygen atoms in total. The Morgan fingerprint density at radius 1 is 1.06 bits per heavy atom. The Morgan fingerprint density at radius 2 is 1.84 bits per heavy atom. The summed E-state index contributed by atoms with van der Waals surface area (Å²) in [5.74, 6) is 0.521. The molecule has 0 aliphatic carbocycles. The Bertz CT molecular complexity index is 1320. The normalized spacial score (nSPS) is 11.0. The molecule has 0 aliphatic rings. The van der Waals surface area contributed by atoms with Crippen molar-refractivity contribution in [1.82, 2.24) is 19.4 Å². The number of hydrogen-bond donors (Lipinski definition) is 1. The largest absolute Gasteiger partial charge is 0.497 e. The monoisotopic (exact) mass is 430 g/mol. The highest BCUT2D eigenvalue weighted by Gasteiger charge is 2.15. The molecule has 4 rings (SSSR count). The van der Waals surface area contributed by atoms with Gasteiger partial charge in [0.15, 0.2) is 5.65 Å². The van der Waals surface area contributed by atoms with Crippen LogP contribution in [0.2, 0.25) is 0 Å². The minimum absolute atomic E-state index is 0.144. The zero-order valence-corrected chi connectivity index (χ0v) is 18.5. The van der Waals surface area contributed by atoms with E-state index in [0.717, 1.165) is 16.6 Å². The van der Waals surface area contributed by atoms with E-state index >= 15 is 0 Å². The highest BCUT2D eigenvalue weighted by atomic mass is 16.5. The maximum Gasteiger partial charge on any atom is 0.330 e. The van der Waals surface area contributed by atoms with E-state index < -0.39 is 0 Å². The number of imidazole rings is 1. The Hall–Kier alpha value is -3.87. The van der Waals surface area contributed by atoms with E-state index in [4.69, 9.17) is 4.74 Å². The molecule has 0 atom stereocenters. The van der Waals surface area contributed by atoms with Gasteiger partial charge in [0.05, 0.1) is 19.2 Å². The number of ether oxygens (including phenoxy) is 1.